The molecule has 2 amide bonds. The minimum Gasteiger partial charge on any atom is -0.398 e. The van der Waals surface area contributed by atoms with Crippen LogP contribution in [0.25, 0.3) is 0 Å². The van der Waals surface area contributed by atoms with Gasteiger partial charge in [-0.05, 0) is 37.1 Å². The van der Waals surface area contributed by atoms with Crippen LogP contribution in [0.15, 0.2) is 59.2 Å². The molecule has 5 N–H and O–H groups in total. The van der Waals surface area contributed by atoms with E-state index in [9.17, 15) is 14.4 Å². The zero-order valence-corrected chi connectivity index (χ0v) is 16.6. The predicted octanol–water partition coefficient (Wildman–Crippen LogP) is 0.116. The molecule has 0 aromatic rings. The maximum Gasteiger partial charge on any atom is 0.270 e. The number of amidine groups is 1. The Morgan fingerprint density at radius 3 is 2.62 bits per heavy atom. The number of hydrogen-bond donors (Lipinski definition) is 4. The Morgan fingerprint density at radius 2 is 2.00 bits per heavy atom. The van der Waals surface area contributed by atoms with Gasteiger partial charge >= 0.3 is 0 Å². The van der Waals surface area contributed by atoms with Crippen molar-refractivity contribution in [2.45, 2.75) is 12.8 Å². The molecule has 0 fully saturated rings. The quantitative estimate of drug-likeness (QED) is 0.285. The lowest BCUT2D eigenvalue weighted by Gasteiger charge is -2.32. The molecule has 2 aliphatic rings. The van der Waals surface area contributed by atoms with Crippen molar-refractivity contribution in [3.05, 3.63) is 59.2 Å². The van der Waals surface area contributed by atoms with Crippen molar-refractivity contribution in [2.75, 3.05) is 27.2 Å². The molecule has 0 atom stereocenters. The number of likely N-dealkylation sites (N-methyl/N-ethyl adjacent to an activating group) is 1. The molecule has 2 rings (SSSR count). The molecule has 0 radical (unpaired) electrons. The monoisotopic (exact) mass is 398 g/mol. The molecule has 154 valence electrons. The van der Waals surface area contributed by atoms with E-state index in [1.165, 1.54) is 17.1 Å². The number of nitrogens with one attached hydrogen (secondary N) is 3. The van der Waals surface area contributed by atoms with E-state index in [2.05, 4.69) is 10.6 Å². The Balaban J connectivity index is 2.02. The lowest BCUT2D eigenvalue weighted by molar-refractivity contribution is -0.127. The SMILES string of the molecule is CN(C)C(=O)C1=C(C=O)CCCN1CC(=O)NC(=N)C=CC(N)=C1C=CNC=C1. The summed E-state index contributed by atoms with van der Waals surface area (Å²) in [7, 11) is 3.19. The van der Waals surface area contributed by atoms with E-state index in [0.717, 1.165) is 5.57 Å². The van der Waals surface area contributed by atoms with Crippen LogP contribution in [-0.4, -0.2) is 60.9 Å². The Hall–Kier alpha value is -3.62. The first-order valence-electron chi connectivity index (χ1n) is 9.13. The van der Waals surface area contributed by atoms with Crippen LogP contribution in [0.2, 0.25) is 0 Å². The van der Waals surface area contributed by atoms with Crippen molar-refractivity contribution in [3.63, 3.8) is 0 Å². The van der Waals surface area contributed by atoms with E-state index >= 15 is 0 Å². The zero-order chi connectivity index (χ0) is 21.4. The van der Waals surface area contributed by atoms with E-state index in [0.29, 0.717) is 36.9 Å². The first kappa shape index (κ1) is 21.7. The van der Waals surface area contributed by atoms with Crippen LogP contribution in [0.5, 0.6) is 0 Å². The van der Waals surface area contributed by atoms with E-state index in [1.807, 2.05) is 0 Å². The molecule has 0 bridgehead atoms. The Labute approximate surface area is 169 Å². The molecular weight excluding hydrogens is 372 g/mol. The van der Waals surface area contributed by atoms with E-state index in [4.69, 9.17) is 11.1 Å². The minimum absolute atomic E-state index is 0.127. The molecule has 9 heteroatoms. The van der Waals surface area contributed by atoms with Gasteiger partial charge in [-0.15, -0.1) is 0 Å². The fourth-order valence-corrected chi connectivity index (χ4v) is 2.90. The highest BCUT2D eigenvalue weighted by molar-refractivity contribution is 6.04. The number of nitrogens with two attached hydrogens (primary N) is 1. The second kappa shape index (κ2) is 10.1. The number of rotatable bonds is 6. The van der Waals surface area contributed by atoms with Gasteiger partial charge in [0.1, 0.15) is 17.8 Å². The summed E-state index contributed by atoms with van der Waals surface area (Å²) in [5, 5.41) is 13.3. The van der Waals surface area contributed by atoms with Crippen molar-refractivity contribution in [1.82, 2.24) is 20.4 Å². The molecule has 9 nitrogen and oxygen atoms in total. The number of carbonyl (C=O) groups is 3. The molecule has 2 heterocycles. The molecule has 0 aliphatic carbocycles. The molecule has 0 saturated heterocycles. The summed E-state index contributed by atoms with van der Waals surface area (Å²) in [6.45, 7) is 0.352. The average molecular weight is 398 g/mol. The molecule has 0 saturated carbocycles. The van der Waals surface area contributed by atoms with E-state index in [-0.39, 0.29) is 24.0 Å². The van der Waals surface area contributed by atoms with Crippen LogP contribution in [0.3, 0.4) is 0 Å². The molecular formula is C20H26N6O3. The first-order valence-corrected chi connectivity index (χ1v) is 9.13. The number of aldehydes is 1. The second-order valence-electron chi connectivity index (χ2n) is 6.76. The summed E-state index contributed by atoms with van der Waals surface area (Å²) < 4.78 is 0. The molecule has 0 aromatic heterocycles. The van der Waals surface area contributed by atoms with E-state index < -0.39 is 5.91 Å². The third-order valence-corrected chi connectivity index (χ3v) is 4.34. The first-order chi connectivity index (χ1) is 13.8. The van der Waals surface area contributed by atoms with Crippen LogP contribution in [0, 0.1) is 5.41 Å². The Morgan fingerprint density at radius 1 is 1.31 bits per heavy atom. The van der Waals surface area contributed by atoms with Gasteiger partial charge in [0, 0.05) is 49.9 Å². The number of allylic oxidation sites excluding steroid dienone is 5. The number of amides is 2. The van der Waals surface area contributed by atoms with Crippen LogP contribution in [-0.2, 0) is 14.4 Å². The van der Waals surface area contributed by atoms with Crippen molar-refractivity contribution in [2.24, 2.45) is 5.73 Å². The van der Waals surface area contributed by atoms with Gasteiger partial charge in [-0.25, -0.2) is 0 Å². The van der Waals surface area contributed by atoms with Crippen molar-refractivity contribution in [1.29, 1.82) is 5.41 Å². The number of carbonyl (C=O) groups excluding carboxylic acids is 3. The van der Waals surface area contributed by atoms with E-state index in [1.54, 1.807) is 43.5 Å². The van der Waals surface area contributed by atoms with Crippen LogP contribution in [0.4, 0.5) is 0 Å². The van der Waals surface area contributed by atoms with Gasteiger partial charge in [-0.3, -0.25) is 19.8 Å². The normalized spacial score (nSPS) is 15.9. The second-order valence-corrected chi connectivity index (χ2v) is 6.76. The van der Waals surface area contributed by atoms with Crippen LogP contribution < -0.4 is 16.4 Å². The van der Waals surface area contributed by atoms with Crippen LogP contribution >= 0.6 is 0 Å². The molecule has 2 aliphatic heterocycles. The van der Waals surface area contributed by atoms with Crippen molar-refractivity contribution >= 4 is 23.9 Å². The summed E-state index contributed by atoms with van der Waals surface area (Å²) in [4.78, 5) is 39.1. The lowest BCUT2D eigenvalue weighted by atomic mass is 10.0. The third kappa shape index (κ3) is 5.93. The fraction of sp³-hybridized carbons (Fsp3) is 0.300. The number of dihydropyridines is 1. The van der Waals surface area contributed by atoms with Gasteiger partial charge in [-0.2, -0.15) is 0 Å². The number of nitrogens with zero attached hydrogens (tertiary/aromatic N) is 2. The summed E-state index contributed by atoms with van der Waals surface area (Å²) in [6.07, 6.45) is 11.8. The lowest BCUT2D eigenvalue weighted by Crippen LogP contribution is -2.44. The largest absolute Gasteiger partial charge is 0.398 e. The highest BCUT2D eigenvalue weighted by Crippen LogP contribution is 2.22. The van der Waals surface area contributed by atoms with Gasteiger partial charge in [0.25, 0.3) is 5.91 Å². The van der Waals surface area contributed by atoms with Gasteiger partial charge in [0.15, 0.2) is 0 Å². The average Bonchev–Trinajstić information content (AvgIpc) is 2.71. The smallest absolute Gasteiger partial charge is 0.270 e. The van der Waals surface area contributed by atoms with Gasteiger partial charge in [-0.1, -0.05) is 0 Å². The molecule has 29 heavy (non-hydrogen) atoms. The highest BCUT2D eigenvalue weighted by Gasteiger charge is 2.28. The predicted molar refractivity (Wildman–Crippen MR) is 110 cm³/mol. The molecule has 0 spiro atoms. The van der Waals surface area contributed by atoms with Crippen LogP contribution in [0.1, 0.15) is 12.8 Å². The Kier molecular flexibility index (Phi) is 7.53. The molecule has 0 unspecified atom stereocenters. The van der Waals surface area contributed by atoms with Crippen molar-refractivity contribution in [3.8, 4) is 0 Å². The molecule has 0 aromatic carbocycles. The van der Waals surface area contributed by atoms with Crippen molar-refractivity contribution < 1.29 is 14.4 Å². The van der Waals surface area contributed by atoms with Gasteiger partial charge < -0.3 is 26.2 Å². The third-order valence-electron chi connectivity index (χ3n) is 4.34. The Bertz CT molecular complexity index is 834. The minimum atomic E-state index is -0.455. The maximum absolute atomic E-state index is 12.5. The summed E-state index contributed by atoms with van der Waals surface area (Å²) >= 11 is 0. The topological polar surface area (TPSA) is 132 Å². The highest BCUT2D eigenvalue weighted by atomic mass is 16.2. The number of hydrogen-bond acceptors (Lipinski definition) is 7. The maximum atomic E-state index is 12.5. The zero-order valence-electron chi connectivity index (χ0n) is 16.6. The summed E-state index contributed by atoms with van der Waals surface area (Å²) in [6, 6.07) is 0. The standard InChI is InChI=1S/C20H26N6O3/c1-25(2)20(29)19-15(13-27)4-3-11-26(19)12-18(28)24-17(22)6-5-16(21)14-7-9-23-10-8-14/h5-10,13,23H,3-4,11-12,21H2,1-2H3,(H2,22,24,28). The summed E-state index contributed by atoms with van der Waals surface area (Å²) in [5.74, 6) is -0.904. The summed E-state index contributed by atoms with van der Waals surface area (Å²) in [5.41, 5.74) is 7.82. The van der Waals surface area contributed by atoms with Gasteiger partial charge in [0.2, 0.25) is 5.91 Å². The fourth-order valence-electron chi connectivity index (χ4n) is 2.90. The van der Waals surface area contributed by atoms with Gasteiger partial charge in [0.05, 0.1) is 6.54 Å².